The summed E-state index contributed by atoms with van der Waals surface area (Å²) in [6.07, 6.45) is 3.42. The molecular formula is C17H25BrN2O. The summed E-state index contributed by atoms with van der Waals surface area (Å²) in [6.45, 7) is 9.80. The zero-order chi connectivity index (χ0) is 14.9. The van der Waals surface area contributed by atoms with Crippen molar-refractivity contribution in [3.8, 4) is 5.75 Å². The third-order valence-corrected chi connectivity index (χ3v) is 5.23. The summed E-state index contributed by atoms with van der Waals surface area (Å²) in [5.41, 5.74) is 2.91. The predicted octanol–water partition coefficient (Wildman–Crippen LogP) is 3.35. The van der Waals surface area contributed by atoms with Crippen molar-refractivity contribution in [1.29, 1.82) is 0 Å². The van der Waals surface area contributed by atoms with Gasteiger partial charge < -0.3 is 10.1 Å². The van der Waals surface area contributed by atoms with E-state index in [2.05, 4.69) is 52.1 Å². The molecule has 1 atom stereocenters. The number of nitrogens with zero attached hydrogens (tertiary/aromatic N) is 1. The zero-order valence-electron chi connectivity index (χ0n) is 13.0. The van der Waals surface area contributed by atoms with Gasteiger partial charge in [-0.15, -0.1) is 0 Å². The lowest BCUT2D eigenvalue weighted by Gasteiger charge is -2.33. The van der Waals surface area contributed by atoms with Gasteiger partial charge in [0.25, 0.3) is 0 Å². The maximum absolute atomic E-state index is 5.87. The average molecular weight is 353 g/mol. The van der Waals surface area contributed by atoms with Crippen LogP contribution in [0.1, 0.15) is 37.8 Å². The topological polar surface area (TPSA) is 24.5 Å². The second kappa shape index (κ2) is 6.27. The van der Waals surface area contributed by atoms with Crippen LogP contribution >= 0.6 is 15.9 Å². The van der Waals surface area contributed by atoms with E-state index in [9.17, 15) is 0 Å². The summed E-state index contributed by atoms with van der Waals surface area (Å²) < 4.78 is 7.05. The molecule has 0 spiro atoms. The van der Waals surface area contributed by atoms with Crippen LogP contribution in [0.15, 0.2) is 16.6 Å². The van der Waals surface area contributed by atoms with Gasteiger partial charge in [0.15, 0.2) is 0 Å². The summed E-state index contributed by atoms with van der Waals surface area (Å²) in [6, 6.07) is 4.43. The van der Waals surface area contributed by atoms with Gasteiger partial charge in [-0.3, -0.25) is 4.90 Å². The Balaban J connectivity index is 1.80. The Bertz CT molecular complexity index is 520. The molecule has 1 unspecified atom stereocenters. The number of hydrogen-bond acceptors (Lipinski definition) is 3. The van der Waals surface area contributed by atoms with Crippen molar-refractivity contribution in [2.24, 2.45) is 0 Å². The van der Waals surface area contributed by atoms with Gasteiger partial charge in [0, 0.05) is 35.1 Å². The van der Waals surface area contributed by atoms with E-state index in [1.165, 1.54) is 22.0 Å². The Morgan fingerprint density at radius 3 is 3.10 bits per heavy atom. The van der Waals surface area contributed by atoms with Gasteiger partial charge in [-0.1, -0.05) is 22.9 Å². The molecule has 1 saturated heterocycles. The molecule has 1 N–H and O–H groups in total. The van der Waals surface area contributed by atoms with E-state index < -0.39 is 0 Å². The van der Waals surface area contributed by atoms with Crippen molar-refractivity contribution in [1.82, 2.24) is 10.2 Å². The first-order valence-electron chi connectivity index (χ1n) is 8.01. The van der Waals surface area contributed by atoms with Crippen LogP contribution in [0, 0.1) is 0 Å². The molecule has 0 saturated carbocycles. The molecule has 0 amide bonds. The maximum atomic E-state index is 5.87. The van der Waals surface area contributed by atoms with Crippen LogP contribution in [0.25, 0.3) is 0 Å². The Kier molecular flexibility index (Phi) is 4.57. The molecule has 4 heteroatoms. The summed E-state index contributed by atoms with van der Waals surface area (Å²) in [5, 5.41) is 3.70. The minimum atomic E-state index is 0.229. The van der Waals surface area contributed by atoms with Crippen molar-refractivity contribution in [2.45, 2.75) is 45.2 Å². The highest BCUT2D eigenvalue weighted by molar-refractivity contribution is 9.10. The van der Waals surface area contributed by atoms with Crippen molar-refractivity contribution in [2.75, 3.05) is 26.2 Å². The third kappa shape index (κ3) is 3.43. The van der Waals surface area contributed by atoms with Gasteiger partial charge in [0.05, 0.1) is 6.61 Å². The Hall–Kier alpha value is -0.580. The largest absolute Gasteiger partial charge is 0.493 e. The van der Waals surface area contributed by atoms with Crippen LogP contribution in [0.5, 0.6) is 5.75 Å². The summed E-state index contributed by atoms with van der Waals surface area (Å²) >= 11 is 3.65. The first kappa shape index (κ1) is 15.3. The number of fused-ring (bicyclic) bond motifs is 1. The molecule has 0 aromatic heterocycles. The number of hydrogen-bond donors (Lipinski definition) is 1. The van der Waals surface area contributed by atoms with Gasteiger partial charge in [-0.05, 0) is 50.6 Å². The molecule has 3 nitrogen and oxygen atoms in total. The first-order valence-corrected chi connectivity index (χ1v) is 8.80. The highest BCUT2D eigenvalue weighted by Crippen LogP contribution is 2.34. The normalized spacial score (nSPS) is 26.2. The van der Waals surface area contributed by atoms with Crippen molar-refractivity contribution >= 4 is 15.9 Å². The molecule has 3 rings (SSSR count). The SMILES string of the molecule is CCC1(C)CN(Cc2cc(Br)cc3c2OCC3)CCCN1. The van der Waals surface area contributed by atoms with E-state index >= 15 is 0 Å². The fourth-order valence-electron chi connectivity index (χ4n) is 3.40. The molecule has 21 heavy (non-hydrogen) atoms. The first-order chi connectivity index (χ1) is 10.1. The van der Waals surface area contributed by atoms with E-state index in [4.69, 9.17) is 4.74 Å². The van der Waals surface area contributed by atoms with Gasteiger partial charge in [-0.25, -0.2) is 0 Å². The number of benzene rings is 1. The molecule has 1 fully saturated rings. The van der Waals surface area contributed by atoms with Gasteiger partial charge >= 0.3 is 0 Å². The van der Waals surface area contributed by atoms with Crippen LogP contribution in [0.2, 0.25) is 0 Å². The van der Waals surface area contributed by atoms with E-state index in [1.54, 1.807) is 0 Å². The number of nitrogens with one attached hydrogen (secondary N) is 1. The van der Waals surface area contributed by atoms with Crippen LogP contribution in [-0.2, 0) is 13.0 Å². The molecule has 0 bridgehead atoms. The van der Waals surface area contributed by atoms with Gasteiger partial charge in [-0.2, -0.15) is 0 Å². The van der Waals surface area contributed by atoms with Crippen molar-refractivity contribution in [3.05, 3.63) is 27.7 Å². The number of rotatable bonds is 3. The second-order valence-corrected chi connectivity index (χ2v) is 7.47. The van der Waals surface area contributed by atoms with E-state index in [-0.39, 0.29) is 5.54 Å². The standard InChI is InChI=1S/C17H25BrN2O/c1-3-17(2)12-20(7-4-6-19-17)11-14-10-15(18)9-13-5-8-21-16(13)14/h9-10,19H,3-8,11-12H2,1-2H3. The molecule has 0 radical (unpaired) electrons. The molecule has 2 heterocycles. The zero-order valence-corrected chi connectivity index (χ0v) is 14.6. The van der Waals surface area contributed by atoms with Crippen LogP contribution < -0.4 is 10.1 Å². The summed E-state index contributed by atoms with van der Waals surface area (Å²) in [5.74, 6) is 1.13. The number of ether oxygens (including phenoxy) is 1. The fraction of sp³-hybridized carbons (Fsp3) is 0.647. The average Bonchev–Trinajstić information content (AvgIpc) is 2.83. The monoisotopic (exact) mass is 352 g/mol. The fourth-order valence-corrected chi connectivity index (χ4v) is 3.95. The minimum absolute atomic E-state index is 0.229. The van der Waals surface area contributed by atoms with Crippen LogP contribution in [0.4, 0.5) is 0 Å². The Labute approximate surface area is 136 Å². The Morgan fingerprint density at radius 2 is 2.29 bits per heavy atom. The van der Waals surface area contributed by atoms with Gasteiger partial charge in [0.1, 0.15) is 5.75 Å². The summed E-state index contributed by atoms with van der Waals surface area (Å²) in [7, 11) is 0. The Morgan fingerprint density at radius 1 is 1.43 bits per heavy atom. The quantitative estimate of drug-likeness (QED) is 0.902. The highest BCUT2D eigenvalue weighted by Gasteiger charge is 2.28. The van der Waals surface area contributed by atoms with E-state index in [0.29, 0.717) is 0 Å². The molecule has 116 valence electrons. The van der Waals surface area contributed by atoms with E-state index in [1.807, 2.05) is 0 Å². The second-order valence-electron chi connectivity index (χ2n) is 6.56. The lowest BCUT2D eigenvalue weighted by atomic mass is 9.98. The molecule has 2 aliphatic rings. The summed E-state index contributed by atoms with van der Waals surface area (Å²) in [4.78, 5) is 2.58. The third-order valence-electron chi connectivity index (χ3n) is 4.78. The smallest absolute Gasteiger partial charge is 0.127 e. The lowest BCUT2D eigenvalue weighted by Crippen LogP contribution is -2.48. The van der Waals surface area contributed by atoms with Crippen molar-refractivity contribution < 1.29 is 4.74 Å². The van der Waals surface area contributed by atoms with Crippen molar-refractivity contribution in [3.63, 3.8) is 0 Å². The van der Waals surface area contributed by atoms with Gasteiger partial charge in [0.2, 0.25) is 0 Å². The molecular weight excluding hydrogens is 328 g/mol. The van der Waals surface area contributed by atoms with Crippen LogP contribution in [0.3, 0.4) is 0 Å². The molecule has 1 aromatic rings. The molecule has 2 aliphatic heterocycles. The van der Waals surface area contributed by atoms with Crippen LogP contribution in [-0.4, -0.2) is 36.7 Å². The predicted molar refractivity (Wildman–Crippen MR) is 89.9 cm³/mol. The van der Waals surface area contributed by atoms with E-state index in [0.717, 1.165) is 51.4 Å². The molecule has 0 aliphatic carbocycles. The maximum Gasteiger partial charge on any atom is 0.127 e. The molecule has 1 aromatic carbocycles. The number of halogens is 1. The minimum Gasteiger partial charge on any atom is -0.493 e. The lowest BCUT2D eigenvalue weighted by molar-refractivity contribution is 0.206. The highest BCUT2D eigenvalue weighted by atomic mass is 79.9.